The van der Waals surface area contributed by atoms with Gasteiger partial charge in [-0.25, -0.2) is 4.79 Å². The number of nitrogens with one attached hydrogen (secondary N) is 2. The molecule has 3 N–H and O–H groups in total. The van der Waals surface area contributed by atoms with Gasteiger partial charge in [-0.2, -0.15) is 0 Å². The molecular weight excluding hydrogens is 470 g/mol. The summed E-state index contributed by atoms with van der Waals surface area (Å²) in [7, 11) is 0. The lowest BCUT2D eigenvalue weighted by atomic mass is 10.00. The van der Waals surface area contributed by atoms with Gasteiger partial charge < -0.3 is 20.5 Å². The Kier molecular flexibility index (Phi) is 11.0. The second kappa shape index (κ2) is 13.9. The Morgan fingerprint density at radius 3 is 2.30 bits per heavy atom. The van der Waals surface area contributed by atoms with E-state index in [1.165, 1.54) is 12.1 Å². The van der Waals surface area contributed by atoms with Gasteiger partial charge in [0.25, 0.3) is 5.91 Å². The summed E-state index contributed by atoms with van der Waals surface area (Å²) < 4.78 is 5.37. The summed E-state index contributed by atoms with van der Waals surface area (Å²) in [5.41, 5.74) is 0.169. The van der Waals surface area contributed by atoms with E-state index in [9.17, 15) is 19.5 Å². The number of amides is 3. The zero-order valence-electron chi connectivity index (χ0n) is 22.0. The molecule has 2 rings (SSSR count). The fraction of sp³-hybridized carbons (Fsp3) is 0.414. The minimum absolute atomic E-state index is 0.114. The third-order valence-corrected chi connectivity index (χ3v) is 5.47. The van der Waals surface area contributed by atoms with E-state index < -0.39 is 35.6 Å². The molecule has 37 heavy (non-hydrogen) atoms. The van der Waals surface area contributed by atoms with Gasteiger partial charge in [-0.3, -0.25) is 14.5 Å². The first kappa shape index (κ1) is 29.2. The molecule has 0 aromatic heterocycles. The van der Waals surface area contributed by atoms with E-state index in [1.807, 2.05) is 30.3 Å². The van der Waals surface area contributed by atoms with Crippen LogP contribution in [0, 0.1) is 12.5 Å². The molecule has 8 heteroatoms. The Labute approximate surface area is 219 Å². The highest BCUT2D eigenvalue weighted by atomic mass is 16.6. The Morgan fingerprint density at radius 1 is 1.05 bits per heavy atom. The molecule has 0 fully saturated rings. The summed E-state index contributed by atoms with van der Waals surface area (Å²) in [6.45, 7) is 7.59. The Balaban J connectivity index is 2.43. The number of terminal acetylenes is 1. The Hall–Kier alpha value is -3.99. The van der Waals surface area contributed by atoms with E-state index in [4.69, 9.17) is 11.2 Å². The maximum atomic E-state index is 13.8. The first-order chi connectivity index (χ1) is 17.6. The van der Waals surface area contributed by atoms with Crippen LogP contribution in [0.5, 0.6) is 5.75 Å². The molecule has 0 bridgehead atoms. The predicted molar refractivity (Wildman–Crippen MR) is 142 cm³/mol. The molecule has 2 atom stereocenters. The van der Waals surface area contributed by atoms with Gasteiger partial charge >= 0.3 is 6.09 Å². The highest BCUT2D eigenvalue weighted by Gasteiger charge is 2.37. The molecule has 0 spiro atoms. The van der Waals surface area contributed by atoms with Gasteiger partial charge in [-0.15, -0.1) is 0 Å². The van der Waals surface area contributed by atoms with Gasteiger partial charge in [0, 0.05) is 24.6 Å². The van der Waals surface area contributed by atoms with Crippen LogP contribution in [0.2, 0.25) is 0 Å². The molecule has 2 aromatic rings. The SMILES string of the molecule is C#CN(C(=O)C(Cc1ccccc1)NC(=O)OC(C)(C)C)C(C(=O)NCCCCC)c1ccccc1O. The summed E-state index contributed by atoms with van der Waals surface area (Å²) in [5.74, 6) is -1.39. The average molecular weight is 508 g/mol. The van der Waals surface area contributed by atoms with Crippen LogP contribution in [0.15, 0.2) is 54.6 Å². The number of ether oxygens (including phenoxy) is 1. The van der Waals surface area contributed by atoms with Crippen LogP contribution in [0.1, 0.15) is 64.1 Å². The van der Waals surface area contributed by atoms with E-state index in [0.717, 1.165) is 29.7 Å². The van der Waals surface area contributed by atoms with Gasteiger partial charge in [0.05, 0.1) is 0 Å². The molecule has 0 aliphatic carbocycles. The van der Waals surface area contributed by atoms with Gasteiger partial charge in [-0.1, -0.05) is 74.7 Å². The Morgan fingerprint density at radius 2 is 1.70 bits per heavy atom. The van der Waals surface area contributed by atoms with Crippen LogP contribution in [0.3, 0.4) is 0 Å². The molecule has 0 heterocycles. The summed E-state index contributed by atoms with van der Waals surface area (Å²) in [6.07, 6.45) is 7.78. The van der Waals surface area contributed by atoms with E-state index in [0.29, 0.717) is 6.54 Å². The van der Waals surface area contributed by atoms with E-state index >= 15 is 0 Å². The standard InChI is InChI=1S/C29H37N3O5/c1-6-8-14-19-30-26(34)25(22-17-12-13-18-24(22)33)32(7-2)27(35)23(20-21-15-10-9-11-16-21)31-28(36)37-29(3,4)5/h2,9-13,15-18,23,25,33H,6,8,14,19-20H2,1,3-5H3,(H,30,34)(H,31,36). The second-order valence-electron chi connectivity index (χ2n) is 9.69. The van der Waals surface area contributed by atoms with Crippen LogP contribution >= 0.6 is 0 Å². The van der Waals surface area contributed by atoms with Gasteiger partial charge in [0.15, 0.2) is 6.04 Å². The third kappa shape index (κ3) is 9.19. The fourth-order valence-corrected chi connectivity index (χ4v) is 3.73. The normalized spacial score (nSPS) is 12.5. The topological polar surface area (TPSA) is 108 Å². The molecule has 198 valence electrons. The number of phenols is 1. The number of aromatic hydroxyl groups is 1. The molecule has 0 saturated heterocycles. The van der Waals surface area contributed by atoms with Crippen molar-refractivity contribution in [1.82, 2.24) is 15.5 Å². The van der Waals surface area contributed by atoms with Gasteiger partial charge in [0.2, 0.25) is 5.91 Å². The summed E-state index contributed by atoms with van der Waals surface area (Å²) in [4.78, 5) is 40.7. The zero-order chi connectivity index (χ0) is 27.4. The lowest BCUT2D eigenvalue weighted by Gasteiger charge is -2.30. The first-order valence-electron chi connectivity index (χ1n) is 12.5. The van der Waals surface area contributed by atoms with Crippen molar-refractivity contribution in [3.8, 4) is 18.2 Å². The minimum Gasteiger partial charge on any atom is -0.508 e. The largest absolute Gasteiger partial charge is 0.508 e. The number of benzene rings is 2. The maximum Gasteiger partial charge on any atom is 0.408 e. The van der Waals surface area contributed by atoms with Crippen LogP contribution < -0.4 is 10.6 Å². The van der Waals surface area contributed by atoms with Gasteiger partial charge in [0.1, 0.15) is 17.4 Å². The van der Waals surface area contributed by atoms with Crippen LogP contribution in [-0.4, -0.2) is 46.1 Å². The average Bonchev–Trinajstić information content (AvgIpc) is 2.84. The van der Waals surface area contributed by atoms with Crippen molar-refractivity contribution in [2.45, 2.75) is 71.1 Å². The summed E-state index contributed by atoms with van der Waals surface area (Å²) >= 11 is 0. The monoisotopic (exact) mass is 507 g/mol. The molecule has 8 nitrogen and oxygen atoms in total. The summed E-state index contributed by atoms with van der Waals surface area (Å²) in [5, 5.41) is 16.0. The fourth-order valence-electron chi connectivity index (χ4n) is 3.73. The zero-order valence-corrected chi connectivity index (χ0v) is 22.0. The number of rotatable bonds is 11. The number of para-hydroxylation sites is 1. The van der Waals surface area contributed by atoms with E-state index in [2.05, 4.69) is 23.6 Å². The van der Waals surface area contributed by atoms with Crippen molar-refractivity contribution in [2.24, 2.45) is 0 Å². The number of unbranched alkanes of at least 4 members (excludes halogenated alkanes) is 2. The molecule has 0 aliphatic rings. The number of carbonyl (C=O) groups is 3. The van der Waals surface area contributed by atoms with E-state index in [1.54, 1.807) is 32.9 Å². The molecule has 2 aromatic carbocycles. The highest BCUT2D eigenvalue weighted by Crippen LogP contribution is 2.29. The van der Waals surface area contributed by atoms with Crippen LogP contribution in [0.25, 0.3) is 0 Å². The van der Waals surface area contributed by atoms with Crippen molar-refractivity contribution in [1.29, 1.82) is 0 Å². The van der Waals surface area contributed by atoms with Crippen molar-refractivity contribution in [3.63, 3.8) is 0 Å². The van der Waals surface area contributed by atoms with Crippen molar-refractivity contribution >= 4 is 17.9 Å². The van der Waals surface area contributed by atoms with Crippen LogP contribution in [0.4, 0.5) is 4.79 Å². The number of phenolic OH excluding ortho intramolecular Hbond substituents is 1. The first-order valence-corrected chi connectivity index (χ1v) is 12.5. The minimum atomic E-state index is -1.31. The second-order valence-corrected chi connectivity index (χ2v) is 9.69. The molecule has 2 unspecified atom stereocenters. The molecular formula is C29H37N3O5. The van der Waals surface area contributed by atoms with Crippen LogP contribution in [-0.2, 0) is 20.7 Å². The third-order valence-electron chi connectivity index (χ3n) is 5.47. The van der Waals surface area contributed by atoms with Crippen molar-refractivity contribution in [2.75, 3.05) is 6.54 Å². The molecule has 0 radical (unpaired) electrons. The van der Waals surface area contributed by atoms with Gasteiger partial charge in [-0.05, 0) is 38.8 Å². The number of carbonyl (C=O) groups excluding carboxylic acids is 3. The number of alkyl carbamates (subject to hydrolysis) is 1. The smallest absolute Gasteiger partial charge is 0.408 e. The summed E-state index contributed by atoms with van der Waals surface area (Å²) in [6, 6.07) is 15.2. The lowest BCUT2D eigenvalue weighted by molar-refractivity contribution is -0.138. The molecule has 0 saturated carbocycles. The maximum absolute atomic E-state index is 13.8. The number of hydrogen-bond donors (Lipinski definition) is 3. The highest BCUT2D eigenvalue weighted by molar-refractivity contribution is 5.93. The van der Waals surface area contributed by atoms with Crippen molar-refractivity contribution in [3.05, 3.63) is 65.7 Å². The lowest BCUT2D eigenvalue weighted by Crippen LogP contribution is -2.52. The molecule has 0 aliphatic heterocycles. The number of nitrogens with zero attached hydrogens (tertiary/aromatic N) is 1. The predicted octanol–water partition coefficient (Wildman–Crippen LogP) is 4.30. The quantitative estimate of drug-likeness (QED) is 0.239. The van der Waals surface area contributed by atoms with Crippen molar-refractivity contribution < 1.29 is 24.2 Å². The number of hydrogen-bond acceptors (Lipinski definition) is 5. The Bertz CT molecular complexity index is 1090. The molecule has 3 amide bonds. The van der Waals surface area contributed by atoms with E-state index in [-0.39, 0.29) is 17.7 Å².